The number of alkyl halides is 1. The molecule has 0 fully saturated rings. The maximum Gasteiger partial charge on any atom is 0.213 e. The molecule has 0 amide bonds. The summed E-state index contributed by atoms with van der Waals surface area (Å²) in [5, 5.41) is 1.03. The van der Waals surface area contributed by atoms with Crippen LogP contribution in [0.2, 0.25) is 0 Å². The topological polar surface area (TPSA) is 25.4 Å². The Hall–Kier alpha value is -2.62. The van der Waals surface area contributed by atoms with Gasteiger partial charge >= 0.3 is 0 Å². The number of rotatable bonds is 5. The van der Waals surface area contributed by atoms with Gasteiger partial charge in [-0.1, -0.05) is 18.2 Å². The van der Waals surface area contributed by atoms with Gasteiger partial charge in [0.25, 0.3) is 0 Å². The molecule has 1 aromatic heterocycles. The lowest BCUT2D eigenvalue weighted by molar-refractivity contribution is 0.265. The molecule has 0 unspecified atom stereocenters. The monoisotopic (exact) mass is 310 g/mol. The van der Waals surface area contributed by atoms with Gasteiger partial charge in [0.1, 0.15) is 13.3 Å². The number of nitrogens with zero attached hydrogens (tertiary/aromatic N) is 2. The molecular formula is C19H19FN2O. The fourth-order valence-corrected chi connectivity index (χ4v) is 2.46. The molecule has 0 radical (unpaired) electrons. The number of ether oxygens (including phenoxy) is 1. The molecule has 1 heterocycles. The maximum atomic E-state index is 12.2. The van der Waals surface area contributed by atoms with E-state index in [0.717, 1.165) is 22.0 Å². The van der Waals surface area contributed by atoms with Gasteiger partial charge in [-0.25, -0.2) is 9.37 Å². The molecule has 0 saturated carbocycles. The molecule has 23 heavy (non-hydrogen) atoms. The van der Waals surface area contributed by atoms with E-state index in [1.165, 1.54) is 5.69 Å². The zero-order chi connectivity index (χ0) is 16.2. The Morgan fingerprint density at radius 1 is 0.957 bits per heavy atom. The van der Waals surface area contributed by atoms with Crippen LogP contribution in [0, 0.1) is 0 Å². The minimum atomic E-state index is -0.512. The molecule has 0 N–H and O–H groups in total. The van der Waals surface area contributed by atoms with Gasteiger partial charge in [0.05, 0.1) is 5.52 Å². The highest BCUT2D eigenvalue weighted by atomic mass is 19.1. The third-order valence-corrected chi connectivity index (χ3v) is 3.71. The van der Waals surface area contributed by atoms with E-state index in [1.807, 2.05) is 32.3 Å². The fraction of sp³-hybridized carbons (Fsp3) is 0.211. The van der Waals surface area contributed by atoms with Crippen LogP contribution in [0.25, 0.3) is 22.0 Å². The number of hydrogen-bond donors (Lipinski definition) is 0. The lowest BCUT2D eigenvalue weighted by Crippen LogP contribution is -2.07. The smallest absolute Gasteiger partial charge is 0.213 e. The minimum Gasteiger partial charge on any atom is -0.475 e. The number of aromatic nitrogens is 1. The van der Waals surface area contributed by atoms with Gasteiger partial charge in [-0.3, -0.25) is 0 Å². The summed E-state index contributed by atoms with van der Waals surface area (Å²) in [5.74, 6) is 0.457. The number of halogens is 1. The van der Waals surface area contributed by atoms with Gasteiger partial charge in [0.15, 0.2) is 0 Å². The highest BCUT2D eigenvalue weighted by Crippen LogP contribution is 2.26. The Bertz CT molecular complexity index is 800. The van der Waals surface area contributed by atoms with Crippen molar-refractivity contribution in [2.75, 3.05) is 32.3 Å². The fourth-order valence-electron chi connectivity index (χ4n) is 2.46. The first-order valence-corrected chi connectivity index (χ1v) is 7.55. The van der Waals surface area contributed by atoms with Crippen LogP contribution in [0.3, 0.4) is 0 Å². The molecule has 0 aliphatic rings. The molecule has 0 aliphatic carbocycles. The third-order valence-electron chi connectivity index (χ3n) is 3.71. The molecule has 0 bridgehead atoms. The predicted octanol–water partition coefficient (Wildman–Crippen LogP) is 4.32. The first-order chi connectivity index (χ1) is 11.2. The van der Waals surface area contributed by atoms with Crippen LogP contribution >= 0.6 is 0 Å². The Morgan fingerprint density at radius 2 is 1.70 bits per heavy atom. The Kier molecular flexibility index (Phi) is 4.42. The van der Waals surface area contributed by atoms with E-state index >= 15 is 0 Å². The lowest BCUT2D eigenvalue weighted by Gasteiger charge is -2.13. The van der Waals surface area contributed by atoms with Crippen LogP contribution in [0.4, 0.5) is 10.1 Å². The first kappa shape index (κ1) is 15.3. The number of benzene rings is 2. The average molecular weight is 310 g/mol. The molecule has 3 aromatic rings. The molecule has 0 spiro atoms. The van der Waals surface area contributed by atoms with Gasteiger partial charge < -0.3 is 9.64 Å². The standard InChI is InChI=1S/C19H19FN2O/c1-22(2)17-7-3-14(4-8-17)15-5-9-18-16(13-15)6-10-19(21-18)23-12-11-20/h3-10,13H,11-12H2,1-2H3. The summed E-state index contributed by atoms with van der Waals surface area (Å²) in [7, 11) is 4.05. The van der Waals surface area contributed by atoms with Crippen molar-refractivity contribution in [3.63, 3.8) is 0 Å². The second-order valence-electron chi connectivity index (χ2n) is 5.54. The highest BCUT2D eigenvalue weighted by Gasteiger charge is 2.04. The zero-order valence-electron chi connectivity index (χ0n) is 13.3. The van der Waals surface area contributed by atoms with Crippen LogP contribution in [0.15, 0.2) is 54.6 Å². The maximum absolute atomic E-state index is 12.2. The minimum absolute atomic E-state index is 0.0365. The van der Waals surface area contributed by atoms with Crippen molar-refractivity contribution in [1.29, 1.82) is 0 Å². The molecule has 0 saturated heterocycles. The van der Waals surface area contributed by atoms with Crippen molar-refractivity contribution < 1.29 is 9.13 Å². The van der Waals surface area contributed by atoms with E-state index in [9.17, 15) is 4.39 Å². The summed E-state index contributed by atoms with van der Waals surface area (Å²) >= 11 is 0. The van der Waals surface area contributed by atoms with Crippen molar-refractivity contribution in [3.05, 3.63) is 54.6 Å². The van der Waals surface area contributed by atoms with E-state index in [1.54, 1.807) is 6.07 Å². The Morgan fingerprint density at radius 3 is 2.39 bits per heavy atom. The van der Waals surface area contributed by atoms with Crippen LogP contribution in [-0.4, -0.2) is 32.4 Å². The normalized spacial score (nSPS) is 10.7. The Labute approximate surface area is 135 Å². The summed E-state index contributed by atoms with van der Waals surface area (Å²) in [6.45, 7) is -0.476. The van der Waals surface area contributed by atoms with Crippen molar-refractivity contribution in [1.82, 2.24) is 4.98 Å². The average Bonchev–Trinajstić information content (AvgIpc) is 2.59. The Balaban J connectivity index is 1.90. The van der Waals surface area contributed by atoms with E-state index in [0.29, 0.717) is 5.88 Å². The predicted molar refractivity (Wildman–Crippen MR) is 93.0 cm³/mol. The van der Waals surface area contributed by atoms with Gasteiger partial charge in [0, 0.05) is 31.2 Å². The summed E-state index contributed by atoms with van der Waals surface area (Å²) in [6, 6.07) is 18.3. The SMILES string of the molecule is CN(C)c1ccc(-c2ccc3nc(OCCF)ccc3c2)cc1. The van der Waals surface area contributed by atoms with Gasteiger partial charge in [-0.2, -0.15) is 0 Å². The molecule has 3 nitrogen and oxygen atoms in total. The molecule has 2 aromatic carbocycles. The molecule has 0 aliphatic heterocycles. The van der Waals surface area contributed by atoms with E-state index < -0.39 is 6.67 Å². The number of hydrogen-bond acceptors (Lipinski definition) is 3. The lowest BCUT2D eigenvalue weighted by atomic mass is 10.0. The van der Waals surface area contributed by atoms with Crippen molar-refractivity contribution in [3.8, 4) is 17.0 Å². The van der Waals surface area contributed by atoms with Crippen LogP contribution in [-0.2, 0) is 0 Å². The first-order valence-electron chi connectivity index (χ1n) is 7.55. The van der Waals surface area contributed by atoms with E-state index in [2.05, 4.69) is 40.2 Å². The van der Waals surface area contributed by atoms with Crippen LogP contribution < -0.4 is 9.64 Å². The summed E-state index contributed by atoms with van der Waals surface area (Å²) < 4.78 is 17.4. The molecule has 118 valence electrons. The molecule has 3 rings (SSSR count). The number of pyridine rings is 1. The summed E-state index contributed by atoms with van der Waals surface area (Å²) in [6.07, 6.45) is 0. The van der Waals surface area contributed by atoms with E-state index in [-0.39, 0.29) is 6.61 Å². The van der Waals surface area contributed by atoms with Crippen molar-refractivity contribution in [2.45, 2.75) is 0 Å². The van der Waals surface area contributed by atoms with E-state index in [4.69, 9.17) is 4.74 Å². The quantitative estimate of drug-likeness (QED) is 0.702. The molecule has 4 heteroatoms. The van der Waals surface area contributed by atoms with Crippen molar-refractivity contribution >= 4 is 16.6 Å². The summed E-state index contributed by atoms with van der Waals surface area (Å²) in [5.41, 5.74) is 4.32. The van der Waals surface area contributed by atoms with Crippen molar-refractivity contribution in [2.24, 2.45) is 0 Å². The zero-order valence-corrected chi connectivity index (χ0v) is 13.3. The highest BCUT2D eigenvalue weighted by molar-refractivity contribution is 5.85. The second-order valence-corrected chi connectivity index (χ2v) is 5.54. The third kappa shape index (κ3) is 3.42. The van der Waals surface area contributed by atoms with Crippen LogP contribution in [0.1, 0.15) is 0 Å². The van der Waals surface area contributed by atoms with Gasteiger partial charge in [-0.15, -0.1) is 0 Å². The number of fused-ring (bicyclic) bond motifs is 1. The van der Waals surface area contributed by atoms with Gasteiger partial charge in [0.2, 0.25) is 5.88 Å². The molecule has 0 atom stereocenters. The van der Waals surface area contributed by atoms with Crippen LogP contribution in [0.5, 0.6) is 5.88 Å². The second kappa shape index (κ2) is 6.65. The number of anilines is 1. The molecular weight excluding hydrogens is 291 g/mol. The summed E-state index contributed by atoms with van der Waals surface area (Å²) in [4.78, 5) is 6.47. The largest absolute Gasteiger partial charge is 0.475 e. The van der Waals surface area contributed by atoms with Gasteiger partial charge in [-0.05, 0) is 41.5 Å².